The molecule has 13 heavy (non-hydrogen) atoms. The van der Waals surface area contributed by atoms with Crippen molar-refractivity contribution in [2.45, 2.75) is 33.6 Å². The van der Waals surface area contributed by atoms with Crippen molar-refractivity contribution in [2.75, 3.05) is 0 Å². The van der Waals surface area contributed by atoms with Crippen molar-refractivity contribution in [3.05, 3.63) is 0 Å². The Bertz CT molecular complexity index is 234. The minimum atomic E-state index is -1.54. The largest absolute Gasteiger partial charge is 0.475 e. The third kappa shape index (κ3) is 6.02. The lowest BCUT2D eigenvalue weighted by molar-refractivity contribution is -0.150. The van der Waals surface area contributed by atoms with Gasteiger partial charge in [-0.25, -0.2) is 4.79 Å². The molecular formula is C9H14O4. The van der Waals surface area contributed by atoms with E-state index in [2.05, 4.69) is 0 Å². The SMILES string of the molecule is CC(C)(C)CC(=O)CC(=O)C(=O)O. The Labute approximate surface area is 76.9 Å². The maximum atomic E-state index is 11.1. The summed E-state index contributed by atoms with van der Waals surface area (Å²) < 4.78 is 0. The Hall–Kier alpha value is -1.19. The number of carbonyl (C=O) groups excluding carboxylic acids is 2. The van der Waals surface area contributed by atoms with E-state index in [-0.39, 0.29) is 17.6 Å². The Kier molecular flexibility index (Phi) is 3.78. The van der Waals surface area contributed by atoms with E-state index < -0.39 is 18.2 Å². The molecule has 0 spiro atoms. The normalized spacial score (nSPS) is 11.0. The van der Waals surface area contributed by atoms with Crippen LogP contribution in [0.3, 0.4) is 0 Å². The second-order valence-electron chi connectivity index (χ2n) is 4.18. The quantitative estimate of drug-likeness (QED) is 0.526. The molecule has 4 nitrogen and oxygen atoms in total. The minimum Gasteiger partial charge on any atom is -0.475 e. The molecule has 0 saturated heterocycles. The first-order valence-electron chi connectivity index (χ1n) is 4.00. The lowest BCUT2D eigenvalue weighted by Crippen LogP contribution is -2.20. The van der Waals surface area contributed by atoms with Crippen molar-refractivity contribution in [3.8, 4) is 0 Å². The van der Waals surface area contributed by atoms with Crippen LogP contribution < -0.4 is 0 Å². The summed E-state index contributed by atoms with van der Waals surface area (Å²) in [5, 5.41) is 8.23. The second-order valence-corrected chi connectivity index (χ2v) is 4.18. The molecule has 0 heterocycles. The van der Waals surface area contributed by atoms with E-state index in [0.717, 1.165) is 0 Å². The van der Waals surface area contributed by atoms with E-state index in [4.69, 9.17) is 5.11 Å². The first kappa shape index (κ1) is 11.8. The zero-order chi connectivity index (χ0) is 10.6. The molecule has 0 radical (unpaired) electrons. The number of Topliss-reactive ketones (excluding diaryl/α,β-unsaturated/α-hetero) is 2. The third-order valence-electron chi connectivity index (χ3n) is 1.32. The number of carboxylic acid groups (broad SMARTS) is 1. The first-order chi connectivity index (χ1) is 5.72. The summed E-state index contributed by atoms with van der Waals surface area (Å²) in [6, 6.07) is 0. The van der Waals surface area contributed by atoms with Crippen molar-refractivity contribution in [2.24, 2.45) is 5.41 Å². The van der Waals surface area contributed by atoms with E-state index in [9.17, 15) is 14.4 Å². The second kappa shape index (κ2) is 4.16. The molecule has 0 amide bonds. The van der Waals surface area contributed by atoms with E-state index >= 15 is 0 Å². The van der Waals surface area contributed by atoms with Crippen LogP contribution in [-0.2, 0) is 14.4 Å². The van der Waals surface area contributed by atoms with E-state index in [1.165, 1.54) is 0 Å². The zero-order valence-electron chi connectivity index (χ0n) is 8.09. The smallest absolute Gasteiger partial charge is 0.372 e. The van der Waals surface area contributed by atoms with Gasteiger partial charge in [0.2, 0.25) is 5.78 Å². The zero-order valence-corrected chi connectivity index (χ0v) is 8.09. The monoisotopic (exact) mass is 186 g/mol. The standard InChI is InChI=1S/C9H14O4/c1-9(2,3)5-6(10)4-7(11)8(12)13/h4-5H2,1-3H3,(H,12,13). The van der Waals surface area contributed by atoms with E-state index in [1.807, 2.05) is 20.8 Å². The van der Waals surface area contributed by atoms with Gasteiger partial charge >= 0.3 is 5.97 Å². The molecule has 0 aliphatic carbocycles. The summed E-state index contributed by atoms with van der Waals surface area (Å²) >= 11 is 0. The molecule has 0 fully saturated rings. The lowest BCUT2D eigenvalue weighted by Gasteiger charge is -2.15. The summed E-state index contributed by atoms with van der Waals surface area (Å²) in [5.41, 5.74) is -0.199. The molecule has 1 N–H and O–H groups in total. The molecule has 0 aliphatic heterocycles. The van der Waals surface area contributed by atoms with Gasteiger partial charge in [0, 0.05) is 6.42 Å². The number of hydrogen-bond acceptors (Lipinski definition) is 3. The maximum absolute atomic E-state index is 11.1. The van der Waals surface area contributed by atoms with Crippen LogP contribution in [0, 0.1) is 5.41 Å². The van der Waals surface area contributed by atoms with Crippen LogP contribution in [0.5, 0.6) is 0 Å². The predicted octanol–water partition coefficient (Wildman–Crippen LogP) is 1.04. The van der Waals surface area contributed by atoms with Gasteiger partial charge in [-0.3, -0.25) is 9.59 Å². The molecule has 4 heteroatoms. The highest BCUT2D eigenvalue weighted by atomic mass is 16.4. The molecule has 0 atom stereocenters. The molecule has 0 aromatic heterocycles. The van der Waals surface area contributed by atoms with Crippen LogP contribution in [0.15, 0.2) is 0 Å². The molecule has 0 rings (SSSR count). The molecule has 0 aliphatic rings. The van der Waals surface area contributed by atoms with Crippen LogP contribution in [-0.4, -0.2) is 22.6 Å². The summed E-state index contributed by atoms with van der Waals surface area (Å²) in [7, 11) is 0. The number of hydrogen-bond donors (Lipinski definition) is 1. The van der Waals surface area contributed by atoms with Crippen LogP contribution >= 0.6 is 0 Å². The van der Waals surface area contributed by atoms with Gasteiger partial charge in [0.25, 0.3) is 0 Å². The summed E-state index contributed by atoms with van der Waals surface area (Å²) in [5.74, 6) is -2.89. The van der Waals surface area contributed by atoms with Crippen LogP contribution in [0.25, 0.3) is 0 Å². The van der Waals surface area contributed by atoms with Crippen molar-refractivity contribution >= 4 is 17.5 Å². The van der Waals surface area contributed by atoms with Crippen molar-refractivity contribution in [3.63, 3.8) is 0 Å². The van der Waals surface area contributed by atoms with Gasteiger partial charge in [0.1, 0.15) is 5.78 Å². The number of aliphatic carboxylic acids is 1. The van der Waals surface area contributed by atoms with Gasteiger partial charge in [0.05, 0.1) is 6.42 Å². The Balaban J connectivity index is 4.04. The number of carboxylic acids is 1. The predicted molar refractivity (Wildman–Crippen MR) is 46.3 cm³/mol. The van der Waals surface area contributed by atoms with E-state index in [0.29, 0.717) is 0 Å². The fraction of sp³-hybridized carbons (Fsp3) is 0.667. The first-order valence-corrected chi connectivity index (χ1v) is 4.00. The van der Waals surface area contributed by atoms with Crippen molar-refractivity contribution in [1.29, 1.82) is 0 Å². The fourth-order valence-corrected chi connectivity index (χ4v) is 0.909. The highest BCUT2D eigenvalue weighted by Gasteiger charge is 2.21. The van der Waals surface area contributed by atoms with Crippen LogP contribution in [0.1, 0.15) is 33.6 Å². The molecule has 0 bridgehead atoms. The highest BCUT2D eigenvalue weighted by molar-refractivity contribution is 6.36. The van der Waals surface area contributed by atoms with Gasteiger partial charge in [-0.2, -0.15) is 0 Å². The molecule has 74 valence electrons. The molecule has 0 saturated carbocycles. The number of ketones is 2. The topological polar surface area (TPSA) is 71.4 Å². The Morgan fingerprint density at radius 1 is 1.15 bits per heavy atom. The molecule has 0 aromatic carbocycles. The average Bonchev–Trinajstić information content (AvgIpc) is 1.81. The van der Waals surface area contributed by atoms with E-state index in [1.54, 1.807) is 0 Å². The van der Waals surface area contributed by atoms with Crippen molar-refractivity contribution in [1.82, 2.24) is 0 Å². The Morgan fingerprint density at radius 2 is 1.62 bits per heavy atom. The van der Waals surface area contributed by atoms with Crippen LogP contribution in [0.4, 0.5) is 0 Å². The van der Waals surface area contributed by atoms with Gasteiger partial charge < -0.3 is 5.11 Å². The molecule has 0 unspecified atom stereocenters. The summed E-state index contributed by atoms with van der Waals surface area (Å²) in [4.78, 5) is 31.8. The summed E-state index contributed by atoms with van der Waals surface area (Å²) in [6.07, 6.45) is -0.265. The van der Waals surface area contributed by atoms with Gasteiger partial charge in [-0.1, -0.05) is 20.8 Å². The van der Waals surface area contributed by atoms with Gasteiger partial charge in [-0.15, -0.1) is 0 Å². The average molecular weight is 186 g/mol. The van der Waals surface area contributed by atoms with Crippen LogP contribution in [0.2, 0.25) is 0 Å². The van der Waals surface area contributed by atoms with Gasteiger partial charge in [-0.05, 0) is 5.41 Å². The highest BCUT2D eigenvalue weighted by Crippen LogP contribution is 2.19. The van der Waals surface area contributed by atoms with Gasteiger partial charge in [0.15, 0.2) is 0 Å². The fourth-order valence-electron chi connectivity index (χ4n) is 0.909. The third-order valence-corrected chi connectivity index (χ3v) is 1.32. The summed E-state index contributed by atoms with van der Waals surface area (Å²) in [6.45, 7) is 5.57. The Morgan fingerprint density at radius 3 is 1.92 bits per heavy atom. The number of carbonyl (C=O) groups is 3. The maximum Gasteiger partial charge on any atom is 0.372 e. The number of rotatable bonds is 4. The lowest BCUT2D eigenvalue weighted by atomic mass is 9.89. The molecule has 0 aromatic rings. The molecular weight excluding hydrogens is 172 g/mol. The minimum absolute atomic E-state index is 0.199. The van der Waals surface area contributed by atoms with Crippen molar-refractivity contribution < 1.29 is 19.5 Å².